The highest BCUT2D eigenvalue weighted by atomic mass is 16.5. The van der Waals surface area contributed by atoms with Crippen molar-refractivity contribution in [1.29, 1.82) is 0 Å². The van der Waals surface area contributed by atoms with Gasteiger partial charge in [-0.05, 0) is 24.3 Å². The lowest BCUT2D eigenvalue weighted by molar-refractivity contribution is -0.121. The normalized spacial score (nSPS) is 14.1. The number of nitrogens with zero attached hydrogens (tertiary/aromatic N) is 4. The van der Waals surface area contributed by atoms with Crippen LogP contribution in [0.3, 0.4) is 0 Å². The predicted octanol–water partition coefficient (Wildman–Crippen LogP) is 1.38. The van der Waals surface area contributed by atoms with Gasteiger partial charge in [0.15, 0.2) is 5.82 Å². The van der Waals surface area contributed by atoms with Crippen LogP contribution in [0, 0.1) is 0 Å². The fourth-order valence-electron chi connectivity index (χ4n) is 3.56. The van der Waals surface area contributed by atoms with Gasteiger partial charge in [0.1, 0.15) is 0 Å². The van der Waals surface area contributed by atoms with Gasteiger partial charge < -0.3 is 19.5 Å². The van der Waals surface area contributed by atoms with E-state index in [0.717, 1.165) is 16.7 Å². The minimum atomic E-state index is -0.170. The highest BCUT2D eigenvalue weighted by Gasteiger charge is 2.19. The van der Waals surface area contributed by atoms with Crippen LogP contribution in [0.2, 0.25) is 0 Å². The topological polar surface area (TPSA) is 89.4 Å². The van der Waals surface area contributed by atoms with Crippen molar-refractivity contribution in [3.63, 3.8) is 0 Å². The Kier molecular flexibility index (Phi) is 6.34. The largest absolute Gasteiger partial charge is 0.378 e. The summed E-state index contributed by atoms with van der Waals surface area (Å²) in [6.07, 6.45) is 2.63. The number of pyridine rings is 1. The third kappa shape index (κ3) is 4.65. The number of carbonyl (C=O) groups is 1. The van der Waals surface area contributed by atoms with Crippen LogP contribution < -0.4 is 15.8 Å². The average Bonchev–Trinajstić information content (AvgIpc) is 2.79. The van der Waals surface area contributed by atoms with E-state index in [1.807, 2.05) is 47.4 Å². The number of fused-ring (bicyclic) bond motifs is 1. The second-order valence-electron chi connectivity index (χ2n) is 7.15. The van der Waals surface area contributed by atoms with Crippen LogP contribution in [-0.2, 0) is 22.5 Å². The number of carbonyl (C=O) groups excluding carboxylic acids is 1. The van der Waals surface area contributed by atoms with Gasteiger partial charge in [-0.2, -0.15) is 0 Å². The Labute approximate surface area is 174 Å². The molecule has 1 saturated heterocycles. The van der Waals surface area contributed by atoms with Gasteiger partial charge in [0.2, 0.25) is 5.91 Å². The molecule has 0 saturated carbocycles. The zero-order chi connectivity index (χ0) is 20.8. The molecule has 1 N–H and O–H groups in total. The number of hydrogen-bond donors (Lipinski definition) is 1. The summed E-state index contributed by atoms with van der Waals surface area (Å²) < 4.78 is 7.05. The summed E-state index contributed by atoms with van der Waals surface area (Å²) in [7, 11) is 0. The molecule has 3 heterocycles. The van der Waals surface area contributed by atoms with Crippen molar-refractivity contribution in [2.45, 2.75) is 19.4 Å². The monoisotopic (exact) mass is 407 g/mol. The number of anilines is 1. The Hall–Kier alpha value is -3.26. The van der Waals surface area contributed by atoms with E-state index < -0.39 is 0 Å². The lowest BCUT2D eigenvalue weighted by atomic mass is 10.2. The molecule has 0 atom stereocenters. The van der Waals surface area contributed by atoms with Gasteiger partial charge in [0.25, 0.3) is 5.56 Å². The third-order valence-electron chi connectivity index (χ3n) is 5.14. The van der Waals surface area contributed by atoms with E-state index in [0.29, 0.717) is 51.6 Å². The van der Waals surface area contributed by atoms with Crippen LogP contribution in [0.1, 0.15) is 12.1 Å². The molecular weight excluding hydrogens is 382 g/mol. The van der Waals surface area contributed by atoms with Crippen molar-refractivity contribution in [1.82, 2.24) is 19.9 Å². The van der Waals surface area contributed by atoms with Gasteiger partial charge in [-0.3, -0.25) is 14.6 Å². The van der Waals surface area contributed by atoms with E-state index >= 15 is 0 Å². The van der Waals surface area contributed by atoms with Crippen LogP contribution in [0.25, 0.3) is 11.0 Å². The molecule has 30 heavy (non-hydrogen) atoms. The van der Waals surface area contributed by atoms with Gasteiger partial charge in [-0.15, -0.1) is 0 Å². The predicted molar refractivity (Wildman–Crippen MR) is 115 cm³/mol. The molecule has 1 aliphatic heterocycles. The van der Waals surface area contributed by atoms with E-state index in [9.17, 15) is 9.59 Å². The first kappa shape index (κ1) is 20.0. The maximum Gasteiger partial charge on any atom is 0.294 e. The second kappa shape index (κ2) is 9.49. The standard InChI is InChI=1S/C22H25N5O3/c28-20(24-11-8-17-5-3-4-10-23-17)9-12-27-19-7-2-1-6-18(19)25-21(22(27)29)26-13-15-30-16-14-26/h1-7,10H,8-9,11-16H2,(H,24,28). The number of benzene rings is 1. The number of morpholine rings is 1. The summed E-state index contributed by atoms with van der Waals surface area (Å²) in [5, 5.41) is 2.91. The minimum Gasteiger partial charge on any atom is -0.378 e. The number of aromatic nitrogens is 3. The number of aryl methyl sites for hydroxylation is 1. The summed E-state index contributed by atoms with van der Waals surface area (Å²) >= 11 is 0. The molecule has 0 unspecified atom stereocenters. The fraction of sp³-hybridized carbons (Fsp3) is 0.364. The lowest BCUT2D eigenvalue weighted by Crippen LogP contribution is -2.41. The van der Waals surface area contributed by atoms with Crippen LogP contribution in [0.15, 0.2) is 53.5 Å². The first-order valence-electron chi connectivity index (χ1n) is 10.2. The molecule has 0 radical (unpaired) electrons. The van der Waals surface area contributed by atoms with Gasteiger partial charge >= 0.3 is 0 Å². The Morgan fingerprint density at radius 1 is 1.10 bits per heavy atom. The van der Waals surface area contributed by atoms with E-state index in [4.69, 9.17) is 4.74 Å². The average molecular weight is 407 g/mol. The quantitative estimate of drug-likeness (QED) is 0.637. The number of para-hydroxylation sites is 2. The molecular formula is C22H25N5O3. The fourth-order valence-corrected chi connectivity index (χ4v) is 3.56. The van der Waals surface area contributed by atoms with E-state index in [2.05, 4.69) is 15.3 Å². The molecule has 1 aliphatic rings. The van der Waals surface area contributed by atoms with E-state index in [1.165, 1.54) is 0 Å². The maximum absolute atomic E-state index is 13.2. The summed E-state index contributed by atoms with van der Waals surface area (Å²) in [5.74, 6) is 0.333. The van der Waals surface area contributed by atoms with E-state index in [1.54, 1.807) is 10.8 Å². The highest BCUT2D eigenvalue weighted by molar-refractivity contribution is 5.78. The zero-order valence-electron chi connectivity index (χ0n) is 16.8. The first-order chi connectivity index (χ1) is 14.7. The smallest absolute Gasteiger partial charge is 0.294 e. The molecule has 0 bridgehead atoms. The Bertz CT molecular complexity index is 1060. The maximum atomic E-state index is 13.2. The molecule has 0 spiro atoms. The number of hydrogen-bond acceptors (Lipinski definition) is 6. The number of amides is 1. The van der Waals surface area contributed by atoms with Gasteiger partial charge in [0.05, 0.1) is 24.2 Å². The molecule has 2 aromatic heterocycles. The van der Waals surface area contributed by atoms with Crippen LogP contribution in [-0.4, -0.2) is 53.3 Å². The molecule has 0 aliphatic carbocycles. The van der Waals surface area contributed by atoms with Crippen LogP contribution in [0.5, 0.6) is 0 Å². The van der Waals surface area contributed by atoms with Gasteiger partial charge in [-0.25, -0.2) is 4.98 Å². The highest BCUT2D eigenvalue weighted by Crippen LogP contribution is 2.15. The Morgan fingerprint density at radius 2 is 1.90 bits per heavy atom. The van der Waals surface area contributed by atoms with Gasteiger partial charge in [-0.1, -0.05) is 18.2 Å². The Balaban J connectivity index is 1.46. The van der Waals surface area contributed by atoms with Crippen LogP contribution >= 0.6 is 0 Å². The molecule has 8 heteroatoms. The first-order valence-corrected chi connectivity index (χ1v) is 10.2. The second-order valence-corrected chi connectivity index (χ2v) is 7.15. The van der Waals surface area contributed by atoms with E-state index in [-0.39, 0.29) is 17.9 Å². The molecule has 3 aromatic rings. The zero-order valence-corrected chi connectivity index (χ0v) is 16.8. The third-order valence-corrected chi connectivity index (χ3v) is 5.14. The molecule has 8 nitrogen and oxygen atoms in total. The minimum absolute atomic E-state index is 0.0911. The molecule has 1 aromatic carbocycles. The Morgan fingerprint density at radius 3 is 2.70 bits per heavy atom. The molecule has 1 fully saturated rings. The summed E-state index contributed by atoms with van der Waals surface area (Å²) in [6, 6.07) is 13.3. The van der Waals surface area contributed by atoms with Crippen molar-refractivity contribution in [2.75, 3.05) is 37.7 Å². The van der Waals surface area contributed by atoms with Crippen LogP contribution in [0.4, 0.5) is 5.82 Å². The molecule has 156 valence electrons. The lowest BCUT2D eigenvalue weighted by Gasteiger charge is -2.28. The van der Waals surface area contributed by atoms with Crippen molar-refractivity contribution in [3.8, 4) is 0 Å². The van der Waals surface area contributed by atoms with Crippen molar-refractivity contribution >= 4 is 22.8 Å². The van der Waals surface area contributed by atoms with Crippen molar-refractivity contribution in [2.24, 2.45) is 0 Å². The summed E-state index contributed by atoms with van der Waals surface area (Å²) in [6.45, 7) is 3.23. The van der Waals surface area contributed by atoms with Gasteiger partial charge in [0, 0.05) is 50.9 Å². The van der Waals surface area contributed by atoms with Crippen molar-refractivity contribution < 1.29 is 9.53 Å². The number of ether oxygens (including phenoxy) is 1. The van der Waals surface area contributed by atoms with Crippen molar-refractivity contribution in [3.05, 3.63) is 64.7 Å². The summed E-state index contributed by atoms with van der Waals surface area (Å²) in [4.78, 5) is 36.3. The summed E-state index contributed by atoms with van der Waals surface area (Å²) in [5.41, 5.74) is 2.25. The SMILES string of the molecule is O=C(CCn1c(=O)c(N2CCOCC2)nc2ccccc21)NCCc1ccccn1. The number of rotatable bonds is 7. The number of nitrogens with one attached hydrogen (secondary N) is 1. The molecule has 1 amide bonds. The molecule has 4 rings (SSSR count).